The van der Waals surface area contributed by atoms with Gasteiger partial charge in [-0.25, -0.2) is 0 Å². The van der Waals surface area contributed by atoms with E-state index >= 15 is 0 Å². The smallest absolute Gasteiger partial charge is 0.254 e. The van der Waals surface area contributed by atoms with Crippen LogP contribution in [-0.4, -0.2) is 29.3 Å². The van der Waals surface area contributed by atoms with Crippen molar-refractivity contribution in [1.29, 1.82) is 0 Å². The van der Waals surface area contributed by atoms with E-state index in [1.807, 2.05) is 30.3 Å². The van der Waals surface area contributed by atoms with Crippen LogP contribution in [0, 0.1) is 0 Å². The Balaban J connectivity index is 1.47. The summed E-state index contributed by atoms with van der Waals surface area (Å²) in [5.74, 6) is -0.242. The highest BCUT2D eigenvalue weighted by Gasteiger charge is 2.47. The normalized spacial score (nSPS) is 23.7. The van der Waals surface area contributed by atoms with Gasteiger partial charge in [0.2, 0.25) is 5.91 Å². The molecule has 1 saturated carbocycles. The maximum absolute atomic E-state index is 13.7. The molecular weight excluding hydrogens is 416 g/mol. The molecule has 2 amide bonds. The number of thiophene rings is 1. The van der Waals surface area contributed by atoms with Crippen molar-refractivity contribution in [3.05, 3.63) is 69.4 Å². The van der Waals surface area contributed by atoms with Crippen LogP contribution in [0.1, 0.15) is 90.5 Å². The summed E-state index contributed by atoms with van der Waals surface area (Å²) in [5, 5.41) is 5.30. The molecule has 3 aliphatic rings. The third-order valence-corrected chi connectivity index (χ3v) is 8.28. The molecule has 32 heavy (non-hydrogen) atoms. The topological polar surface area (TPSA) is 49.4 Å². The van der Waals surface area contributed by atoms with Crippen molar-refractivity contribution in [1.82, 2.24) is 10.2 Å². The van der Waals surface area contributed by atoms with Gasteiger partial charge in [-0.3, -0.25) is 9.59 Å². The number of amides is 2. The molecular formula is C27H32N2O2S. The minimum atomic E-state index is -0.372. The highest BCUT2D eigenvalue weighted by atomic mass is 32.1. The molecule has 0 bridgehead atoms. The van der Waals surface area contributed by atoms with Gasteiger partial charge < -0.3 is 10.2 Å². The summed E-state index contributed by atoms with van der Waals surface area (Å²) < 4.78 is 0. The molecule has 5 heteroatoms. The van der Waals surface area contributed by atoms with E-state index in [1.54, 1.807) is 11.3 Å². The van der Waals surface area contributed by atoms with Crippen molar-refractivity contribution in [3.63, 3.8) is 0 Å². The Kier molecular flexibility index (Phi) is 6.44. The number of rotatable bonds is 6. The average Bonchev–Trinajstić information content (AvgIpc) is 3.54. The number of hydrogen-bond donors (Lipinski definition) is 1. The van der Waals surface area contributed by atoms with E-state index in [9.17, 15) is 9.59 Å². The van der Waals surface area contributed by atoms with Gasteiger partial charge in [0, 0.05) is 23.0 Å². The highest BCUT2D eigenvalue weighted by molar-refractivity contribution is 7.10. The summed E-state index contributed by atoms with van der Waals surface area (Å²) in [7, 11) is 0. The zero-order valence-electron chi connectivity index (χ0n) is 18.6. The van der Waals surface area contributed by atoms with E-state index in [0.29, 0.717) is 12.1 Å². The van der Waals surface area contributed by atoms with Crippen LogP contribution < -0.4 is 5.32 Å². The Bertz CT molecular complexity index is 991. The fourth-order valence-corrected chi connectivity index (χ4v) is 6.63. The van der Waals surface area contributed by atoms with Gasteiger partial charge in [-0.15, -0.1) is 11.3 Å². The van der Waals surface area contributed by atoms with E-state index in [2.05, 4.69) is 27.7 Å². The van der Waals surface area contributed by atoms with Crippen LogP contribution in [-0.2, 0) is 4.79 Å². The lowest BCUT2D eigenvalue weighted by molar-refractivity contribution is -0.124. The van der Waals surface area contributed by atoms with Gasteiger partial charge in [0.25, 0.3) is 5.91 Å². The lowest BCUT2D eigenvalue weighted by Gasteiger charge is -2.44. The zero-order valence-corrected chi connectivity index (χ0v) is 19.4. The molecule has 0 spiro atoms. The van der Waals surface area contributed by atoms with Gasteiger partial charge in [0.1, 0.15) is 0 Å². The van der Waals surface area contributed by atoms with Crippen LogP contribution in [0.3, 0.4) is 0 Å². The summed E-state index contributed by atoms with van der Waals surface area (Å²) in [4.78, 5) is 30.6. The summed E-state index contributed by atoms with van der Waals surface area (Å²) in [6.07, 6.45) is 12.5. The van der Waals surface area contributed by atoms with E-state index in [1.165, 1.54) is 18.4 Å². The van der Waals surface area contributed by atoms with Crippen LogP contribution >= 0.6 is 11.3 Å². The summed E-state index contributed by atoms with van der Waals surface area (Å²) >= 11 is 1.65. The molecule has 0 unspecified atom stereocenters. The minimum Gasteiger partial charge on any atom is -0.355 e. The first-order valence-corrected chi connectivity index (χ1v) is 13.0. The molecule has 4 nitrogen and oxygen atoms in total. The average molecular weight is 449 g/mol. The molecule has 2 aliphatic carbocycles. The highest BCUT2D eigenvalue weighted by Crippen LogP contribution is 2.47. The van der Waals surface area contributed by atoms with E-state index in [0.717, 1.165) is 55.4 Å². The van der Waals surface area contributed by atoms with Crippen molar-refractivity contribution in [3.8, 4) is 0 Å². The second-order valence-corrected chi connectivity index (χ2v) is 10.3. The zero-order chi connectivity index (χ0) is 21.9. The van der Waals surface area contributed by atoms with Crippen molar-refractivity contribution >= 4 is 23.2 Å². The number of hydrogen-bond acceptors (Lipinski definition) is 3. The van der Waals surface area contributed by atoms with E-state index < -0.39 is 0 Å². The Morgan fingerprint density at radius 2 is 1.91 bits per heavy atom. The second-order valence-electron chi connectivity index (χ2n) is 9.33. The van der Waals surface area contributed by atoms with Crippen LogP contribution in [0.2, 0.25) is 0 Å². The number of benzene rings is 1. The molecule has 168 valence electrons. The Hall–Kier alpha value is -2.40. The first-order chi connectivity index (χ1) is 15.7. The third kappa shape index (κ3) is 4.15. The lowest BCUT2D eigenvalue weighted by atomic mass is 9.80. The van der Waals surface area contributed by atoms with Crippen molar-refractivity contribution in [2.24, 2.45) is 0 Å². The predicted molar refractivity (Wildman–Crippen MR) is 129 cm³/mol. The standard InChI is InChI=1S/C27H32N2O2S/c30-26(28-17-16-19-9-2-1-3-10-19)24-21-13-6-7-14-22(21)27(31)29(20-11-4-5-12-20)25(24)23-15-8-18-32-23/h6-9,13-15,18,20,24-25H,1-5,10-12,16-17H2,(H,28,30)/t24-,25-/m0/s1. The number of carbonyl (C=O) groups excluding carboxylic acids is 2. The molecule has 1 aromatic heterocycles. The Morgan fingerprint density at radius 3 is 2.66 bits per heavy atom. The van der Waals surface area contributed by atoms with Gasteiger partial charge in [-0.2, -0.15) is 0 Å². The van der Waals surface area contributed by atoms with Crippen molar-refractivity contribution in [2.45, 2.75) is 75.8 Å². The van der Waals surface area contributed by atoms with Crippen LogP contribution in [0.5, 0.6) is 0 Å². The Morgan fingerprint density at radius 1 is 1.06 bits per heavy atom. The number of allylic oxidation sites excluding steroid dienone is 1. The molecule has 1 N–H and O–H groups in total. The molecule has 2 atom stereocenters. The van der Waals surface area contributed by atoms with Gasteiger partial charge in [0.15, 0.2) is 0 Å². The summed E-state index contributed by atoms with van der Waals surface area (Å²) in [6, 6.07) is 11.9. The number of nitrogens with one attached hydrogen (secondary N) is 1. The van der Waals surface area contributed by atoms with Crippen LogP contribution in [0.25, 0.3) is 0 Å². The lowest BCUT2D eigenvalue weighted by Crippen LogP contribution is -2.50. The maximum atomic E-state index is 13.7. The van der Waals surface area contributed by atoms with Crippen molar-refractivity contribution in [2.75, 3.05) is 6.54 Å². The fraction of sp³-hybridized carbons (Fsp3) is 0.481. The largest absolute Gasteiger partial charge is 0.355 e. The maximum Gasteiger partial charge on any atom is 0.254 e. The SMILES string of the molecule is O=C(NCCC1=CCCCC1)[C@H]1c2ccccc2C(=O)N(C2CCCC2)[C@H]1c1cccs1. The van der Waals surface area contributed by atoms with E-state index in [-0.39, 0.29) is 29.8 Å². The van der Waals surface area contributed by atoms with Crippen LogP contribution in [0.4, 0.5) is 0 Å². The fourth-order valence-electron chi connectivity index (χ4n) is 5.77. The first kappa shape index (κ1) is 21.4. The van der Waals surface area contributed by atoms with Gasteiger partial charge in [-0.05, 0) is 68.0 Å². The van der Waals surface area contributed by atoms with Gasteiger partial charge >= 0.3 is 0 Å². The monoisotopic (exact) mass is 448 g/mol. The summed E-state index contributed by atoms with van der Waals surface area (Å²) in [6.45, 7) is 0.665. The minimum absolute atomic E-state index is 0.0442. The predicted octanol–water partition coefficient (Wildman–Crippen LogP) is 5.98. The third-order valence-electron chi connectivity index (χ3n) is 7.34. The second kappa shape index (κ2) is 9.62. The van der Waals surface area contributed by atoms with Crippen molar-refractivity contribution < 1.29 is 9.59 Å². The molecule has 0 radical (unpaired) electrons. The quantitative estimate of drug-likeness (QED) is 0.553. The Labute approximate surface area is 194 Å². The molecule has 2 aromatic rings. The van der Waals surface area contributed by atoms with Gasteiger partial charge in [-0.1, -0.05) is 48.8 Å². The van der Waals surface area contributed by atoms with E-state index in [4.69, 9.17) is 0 Å². The van der Waals surface area contributed by atoms with Gasteiger partial charge in [0.05, 0.1) is 12.0 Å². The summed E-state index contributed by atoms with van der Waals surface area (Å²) in [5.41, 5.74) is 3.04. The molecule has 2 heterocycles. The number of nitrogens with zero attached hydrogens (tertiary/aromatic N) is 1. The molecule has 1 aromatic carbocycles. The van der Waals surface area contributed by atoms with Crippen LogP contribution in [0.15, 0.2) is 53.4 Å². The number of carbonyl (C=O) groups is 2. The first-order valence-electron chi connectivity index (χ1n) is 12.1. The molecule has 1 fully saturated rings. The number of fused-ring (bicyclic) bond motifs is 1. The molecule has 5 rings (SSSR count). The molecule has 0 saturated heterocycles. The molecule has 1 aliphatic heterocycles.